The molecule has 0 aromatic heterocycles. The molecule has 4 nitrogen and oxygen atoms in total. The minimum Gasteiger partial charge on any atom is -0.382 e. The Labute approximate surface area is 118 Å². The van der Waals surface area contributed by atoms with Crippen LogP contribution in [-0.2, 0) is 0 Å². The highest BCUT2D eigenvalue weighted by Crippen LogP contribution is 2.33. The first kappa shape index (κ1) is 14.1. The number of hydrogen-bond donors (Lipinski definition) is 1. The highest BCUT2D eigenvalue weighted by atomic mass is 35.5. The molecule has 0 aliphatic heterocycles. The Hall–Kier alpha value is -1.29. The first-order valence-corrected chi connectivity index (χ1v) is 7.08. The summed E-state index contributed by atoms with van der Waals surface area (Å²) in [7, 11) is 0. The third-order valence-electron chi connectivity index (χ3n) is 3.94. The van der Waals surface area contributed by atoms with E-state index in [1.807, 2.05) is 6.92 Å². The average Bonchev–Trinajstić information content (AvgIpc) is 2.35. The molecule has 0 amide bonds. The van der Waals surface area contributed by atoms with Gasteiger partial charge in [-0.3, -0.25) is 10.1 Å². The lowest BCUT2D eigenvalue weighted by Crippen LogP contribution is -2.30. The SMILES string of the molecule is Cc1cc([N+](=O)[O-])c(Cl)cc1NC1CCCCC1C. The fourth-order valence-corrected chi connectivity index (χ4v) is 2.92. The largest absolute Gasteiger partial charge is 0.382 e. The van der Waals surface area contributed by atoms with E-state index in [1.54, 1.807) is 6.07 Å². The Morgan fingerprint density at radius 2 is 2.05 bits per heavy atom. The Morgan fingerprint density at radius 3 is 2.68 bits per heavy atom. The summed E-state index contributed by atoms with van der Waals surface area (Å²) in [5.41, 5.74) is 1.75. The Balaban J connectivity index is 2.21. The van der Waals surface area contributed by atoms with Crippen LogP contribution in [-0.4, -0.2) is 11.0 Å². The Bertz CT molecular complexity index is 491. The van der Waals surface area contributed by atoms with Crippen molar-refractivity contribution in [1.29, 1.82) is 0 Å². The summed E-state index contributed by atoms with van der Waals surface area (Å²) in [6, 6.07) is 3.65. The smallest absolute Gasteiger partial charge is 0.288 e. The van der Waals surface area contributed by atoms with Crippen LogP contribution in [0.1, 0.15) is 38.2 Å². The van der Waals surface area contributed by atoms with Gasteiger partial charge in [-0.1, -0.05) is 31.4 Å². The number of nitrogens with zero attached hydrogens (tertiary/aromatic N) is 1. The molecule has 0 radical (unpaired) electrons. The van der Waals surface area contributed by atoms with Crippen LogP contribution in [0, 0.1) is 23.0 Å². The van der Waals surface area contributed by atoms with Crippen LogP contribution >= 0.6 is 11.6 Å². The molecule has 0 heterocycles. The summed E-state index contributed by atoms with van der Waals surface area (Å²) in [6.07, 6.45) is 4.91. The highest BCUT2D eigenvalue weighted by molar-refractivity contribution is 6.33. The van der Waals surface area contributed by atoms with Crippen molar-refractivity contribution >= 4 is 23.0 Å². The summed E-state index contributed by atoms with van der Waals surface area (Å²) >= 11 is 5.97. The first-order chi connectivity index (χ1) is 8.99. The number of nitro groups is 1. The quantitative estimate of drug-likeness (QED) is 0.654. The highest BCUT2D eigenvalue weighted by Gasteiger charge is 2.22. The molecule has 1 saturated carbocycles. The van der Waals surface area contributed by atoms with Gasteiger partial charge in [0.2, 0.25) is 0 Å². The third kappa shape index (κ3) is 3.18. The minimum atomic E-state index is -0.442. The van der Waals surface area contributed by atoms with Crippen molar-refractivity contribution in [2.24, 2.45) is 5.92 Å². The maximum atomic E-state index is 10.8. The molecule has 0 spiro atoms. The second-order valence-electron chi connectivity index (χ2n) is 5.39. The summed E-state index contributed by atoms with van der Waals surface area (Å²) in [4.78, 5) is 10.4. The lowest BCUT2D eigenvalue weighted by atomic mass is 9.85. The van der Waals surface area contributed by atoms with E-state index in [9.17, 15) is 10.1 Å². The number of nitro benzene ring substituents is 1. The lowest BCUT2D eigenvalue weighted by molar-refractivity contribution is -0.384. The van der Waals surface area contributed by atoms with Crippen molar-refractivity contribution in [2.75, 3.05) is 5.32 Å². The van der Waals surface area contributed by atoms with Gasteiger partial charge in [-0.15, -0.1) is 0 Å². The predicted octanol–water partition coefficient (Wildman–Crippen LogP) is 4.55. The number of nitrogens with one attached hydrogen (secondary N) is 1. The molecule has 5 heteroatoms. The second kappa shape index (κ2) is 5.78. The molecular weight excluding hydrogens is 264 g/mol. The predicted molar refractivity (Wildman–Crippen MR) is 77.9 cm³/mol. The van der Waals surface area contributed by atoms with Crippen LogP contribution in [0.15, 0.2) is 12.1 Å². The molecule has 19 heavy (non-hydrogen) atoms. The summed E-state index contributed by atoms with van der Waals surface area (Å²) in [6.45, 7) is 4.12. The number of anilines is 1. The van der Waals surface area contributed by atoms with Crippen LogP contribution < -0.4 is 5.32 Å². The lowest BCUT2D eigenvalue weighted by Gasteiger charge is -2.31. The van der Waals surface area contributed by atoms with Gasteiger partial charge in [0, 0.05) is 17.8 Å². The number of rotatable bonds is 3. The van der Waals surface area contributed by atoms with E-state index < -0.39 is 4.92 Å². The molecule has 1 aliphatic rings. The summed E-state index contributed by atoms with van der Waals surface area (Å²) in [5, 5.41) is 14.5. The number of benzene rings is 1. The van der Waals surface area contributed by atoms with Gasteiger partial charge in [0.05, 0.1) is 4.92 Å². The Morgan fingerprint density at radius 1 is 1.37 bits per heavy atom. The molecule has 2 rings (SSSR count). The van der Waals surface area contributed by atoms with Crippen molar-refractivity contribution in [3.63, 3.8) is 0 Å². The third-order valence-corrected chi connectivity index (χ3v) is 4.25. The van der Waals surface area contributed by atoms with Gasteiger partial charge in [0.25, 0.3) is 5.69 Å². The zero-order valence-corrected chi connectivity index (χ0v) is 12.0. The van der Waals surface area contributed by atoms with E-state index in [1.165, 1.54) is 25.3 Å². The number of hydrogen-bond acceptors (Lipinski definition) is 3. The van der Waals surface area contributed by atoms with Gasteiger partial charge in [0.15, 0.2) is 0 Å². The molecule has 2 unspecified atom stereocenters. The van der Waals surface area contributed by atoms with Crippen LogP contribution in [0.3, 0.4) is 0 Å². The molecular formula is C14H19ClN2O2. The van der Waals surface area contributed by atoms with Gasteiger partial charge in [-0.25, -0.2) is 0 Å². The zero-order valence-electron chi connectivity index (χ0n) is 11.3. The van der Waals surface area contributed by atoms with Gasteiger partial charge in [-0.05, 0) is 37.3 Å². The van der Waals surface area contributed by atoms with Crippen molar-refractivity contribution in [3.05, 3.63) is 32.8 Å². The van der Waals surface area contributed by atoms with E-state index in [-0.39, 0.29) is 10.7 Å². The molecule has 1 aromatic rings. The van der Waals surface area contributed by atoms with Crippen molar-refractivity contribution in [2.45, 2.75) is 45.6 Å². The number of halogens is 1. The molecule has 0 saturated heterocycles. The van der Waals surface area contributed by atoms with Crippen molar-refractivity contribution in [3.8, 4) is 0 Å². The summed E-state index contributed by atoms with van der Waals surface area (Å²) < 4.78 is 0. The van der Waals surface area contributed by atoms with Crippen LogP contribution in [0.5, 0.6) is 0 Å². The van der Waals surface area contributed by atoms with Gasteiger partial charge >= 0.3 is 0 Å². The van der Waals surface area contributed by atoms with E-state index in [2.05, 4.69) is 12.2 Å². The molecule has 0 bridgehead atoms. The van der Waals surface area contributed by atoms with Crippen LogP contribution in [0.25, 0.3) is 0 Å². The fourth-order valence-electron chi connectivity index (χ4n) is 2.69. The van der Waals surface area contributed by atoms with Gasteiger partial charge < -0.3 is 5.32 Å². The summed E-state index contributed by atoms with van der Waals surface area (Å²) in [5.74, 6) is 0.627. The van der Waals surface area contributed by atoms with Crippen LogP contribution in [0.4, 0.5) is 11.4 Å². The van der Waals surface area contributed by atoms with E-state index in [0.717, 1.165) is 17.7 Å². The molecule has 104 valence electrons. The normalized spacial score (nSPS) is 23.1. The van der Waals surface area contributed by atoms with Crippen LogP contribution in [0.2, 0.25) is 5.02 Å². The van der Waals surface area contributed by atoms with E-state index in [4.69, 9.17) is 11.6 Å². The topological polar surface area (TPSA) is 55.2 Å². The maximum Gasteiger partial charge on any atom is 0.288 e. The molecule has 1 fully saturated rings. The monoisotopic (exact) mass is 282 g/mol. The average molecular weight is 283 g/mol. The van der Waals surface area contributed by atoms with Crippen molar-refractivity contribution < 1.29 is 4.92 Å². The van der Waals surface area contributed by atoms with E-state index >= 15 is 0 Å². The van der Waals surface area contributed by atoms with Crippen molar-refractivity contribution in [1.82, 2.24) is 0 Å². The molecule has 1 N–H and O–H groups in total. The minimum absolute atomic E-state index is 0.0265. The molecule has 2 atom stereocenters. The number of aryl methyl sites for hydroxylation is 1. The zero-order chi connectivity index (χ0) is 14.0. The molecule has 1 aromatic carbocycles. The maximum absolute atomic E-state index is 10.8. The fraction of sp³-hybridized carbons (Fsp3) is 0.571. The first-order valence-electron chi connectivity index (χ1n) is 6.70. The van der Waals surface area contributed by atoms with Gasteiger partial charge in [-0.2, -0.15) is 0 Å². The molecule has 1 aliphatic carbocycles. The second-order valence-corrected chi connectivity index (χ2v) is 5.80. The van der Waals surface area contributed by atoms with Gasteiger partial charge in [0.1, 0.15) is 5.02 Å². The Kier molecular flexibility index (Phi) is 4.30. The van der Waals surface area contributed by atoms with E-state index in [0.29, 0.717) is 12.0 Å². The standard InChI is InChI=1S/C14H19ClN2O2/c1-9-5-3-4-6-12(9)16-13-8-11(15)14(17(18)19)7-10(13)2/h7-9,12,16H,3-6H2,1-2H3.